The van der Waals surface area contributed by atoms with Gasteiger partial charge in [0.05, 0.1) is 5.69 Å². The summed E-state index contributed by atoms with van der Waals surface area (Å²) in [4.78, 5) is 22.4. The van der Waals surface area contributed by atoms with Crippen molar-refractivity contribution in [3.8, 4) is 5.69 Å². The summed E-state index contributed by atoms with van der Waals surface area (Å²) in [6.45, 7) is 16.3. The molecule has 0 aliphatic carbocycles. The summed E-state index contributed by atoms with van der Waals surface area (Å²) in [5, 5.41) is 3.08. The summed E-state index contributed by atoms with van der Waals surface area (Å²) in [6, 6.07) is 14.8. The number of nitrogens with zero attached hydrogens (tertiary/aromatic N) is 4. The first-order valence-electron chi connectivity index (χ1n) is 12.3. The molecule has 4 rings (SSSR count). The van der Waals surface area contributed by atoms with Gasteiger partial charge in [0.1, 0.15) is 11.5 Å². The highest BCUT2D eigenvalue weighted by Gasteiger charge is 2.20. The number of aryl methyl sites for hydroxylation is 3. The molecule has 1 aliphatic rings. The monoisotopic (exact) mass is 531 g/mol. The number of piperazine rings is 1. The van der Waals surface area contributed by atoms with Gasteiger partial charge < -0.3 is 14.8 Å². The predicted molar refractivity (Wildman–Crippen MR) is 154 cm³/mol. The minimum Gasteiger partial charge on any atom is -0.369 e. The van der Waals surface area contributed by atoms with Gasteiger partial charge in [0.15, 0.2) is 0 Å². The molecule has 2 heterocycles. The molecule has 6 nitrogen and oxygen atoms in total. The summed E-state index contributed by atoms with van der Waals surface area (Å²) in [5.74, 6) is 0.742. The first kappa shape index (κ1) is 29.7. The fraction of sp³-hybridized carbons (Fsp3) is 0.429. The Balaban J connectivity index is 0.00000228. The number of halogens is 2. The number of nitrogens with one attached hydrogen (secondary N) is 1. The molecule has 0 saturated carbocycles. The van der Waals surface area contributed by atoms with Gasteiger partial charge in [0.25, 0.3) is 5.91 Å². The summed E-state index contributed by atoms with van der Waals surface area (Å²) < 4.78 is 2.07. The Bertz CT molecular complexity index is 1170. The second-order valence-corrected chi connectivity index (χ2v) is 9.37. The van der Waals surface area contributed by atoms with Crippen molar-refractivity contribution in [1.82, 2.24) is 19.8 Å². The quantitative estimate of drug-likeness (QED) is 0.425. The largest absolute Gasteiger partial charge is 0.369 e. The van der Waals surface area contributed by atoms with Crippen LogP contribution >= 0.6 is 24.8 Å². The molecule has 0 spiro atoms. The topological polar surface area (TPSA) is 53.4 Å². The molecule has 3 aromatic rings. The molecule has 1 aromatic heterocycles. The number of imidazole rings is 1. The van der Waals surface area contributed by atoms with Crippen molar-refractivity contribution >= 4 is 36.4 Å². The maximum absolute atomic E-state index is 12.9. The van der Waals surface area contributed by atoms with Crippen LogP contribution in [0.25, 0.3) is 5.69 Å². The molecule has 1 fully saturated rings. The van der Waals surface area contributed by atoms with E-state index in [0.29, 0.717) is 12.2 Å². The highest BCUT2D eigenvalue weighted by atomic mass is 35.5. The van der Waals surface area contributed by atoms with Gasteiger partial charge in [-0.1, -0.05) is 30.3 Å². The van der Waals surface area contributed by atoms with E-state index >= 15 is 0 Å². The molecule has 1 saturated heterocycles. The highest BCUT2D eigenvalue weighted by molar-refractivity contribution is 5.93. The lowest BCUT2D eigenvalue weighted by Crippen LogP contribution is -2.47. The molecule has 196 valence electrons. The van der Waals surface area contributed by atoms with E-state index < -0.39 is 0 Å². The number of para-hydroxylation sites is 1. The van der Waals surface area contributed by atoms with Crippen molar-refractivity contribution in [2.75, 3.05) is 44.2 Å². The Morgan fingerprint density at radius 3 is 2.19 bits per heavy atom. The first-order valence-corrected chi connectivity index (χ1v) is 12.3. The second kappa shape index (κ2) is 13.1. The maximum Gasteiger partial charge on any atom is 0.271 e. The van der Waals surface area contributed by atoms with Gasteiger partial charge in [-0.2, -0.15) is 0 Å². The summed E-state index contributed by atoms with van der Waals surface area (Å²) in [5.41, 5.74) is 7.73. The average Bonchev–Trinajstić information content (AvgIpc) is 3.13. The van der Waals surface area contributed by atoms with E-state index in [9.17, 15) is 4.79 Å². The lowest BCUT2D eigenvalue weighted by Gasteiger charge is -2.37. The van der Waals surface area contributed by atoms with Crippen molar-refractivity contribution in [2.24, 2.45) is 0 Å². The van der Waals surface area contributed by atoms with E-state index in [-0.39, 0.29) is 30.7 Å². The Morgan fingerprint density at radius 2 is 1.50 bits per heavy atom. The molecular formula is C28H39Cl2N5O. The Morgan fingerprint density at radius 1 is 0.861 bits per heavy atom. The minimum absolute atomic E-state index is 0. The predicted octanol–water partition coefficient (Wildman–Crippen LogP) is 5.20. The van der Waals surface area contributed by atoms with Crippen molar-refractivity contribution in [2.45, 2.75) is 41.0 Å². The summed E-state index contributed by atoms with van der Waals surface area (Å²) >= 11 is 0. The van der Waals surface area contributed by atoms with Gasteiger partial charge in [-0.25, -0.2) is 4.98 Å². The van der Waals surface area contributed by atoms with Gasteiger partial charge in [-0.05, 0) is 76.4 Å². The third kappa shape index (κ3) is 6.41. The fourth-order valence-electron chi connectivity index (χ4n) is 4.90. The smallest absolute Gasteiger partial charge is 0.271 e. The zero-order chi connectivity index (χ0) is 24.2. The molecule has 1 amide bonds. The molecule has 0 atom stereocenters. The number of anilines is 1. The molecule has 2 aromatic carbocycles. The lowest BCUT2D eigenvalue weighted by molar-refractivity contribution is 0.0946. The Hall–Kier alpha value is -2.54. The third-order valence-electron chi connectivity index (χ3n) is 7.07. The van der Waals surface area contributed by atoms with E-state index in [0.717, 1.165) is 61.9 Å². The van der Waals surface area contributed by atoms with Crippen molar-refractivity contribution in [3.63, 3.8) is 0 Å². The van der Waals surface area contributed by atoms with Gasteiger partial charge in [0, 0.05) is 44.1 Å². The Labute approximate surface area is 227 Å². The van der Waals surface area contributed by atoms with Crippen LogP contribution in [0.4, 0.5) is 5.69 Å². The molecule has 1 N–H and O–H groups in total. The van der Waals surface area contributed by atoms with E-state index in [1.54, 1.807) is 0 Å². The van der Waals surface area contributed by atoms with Crippen LogP contribution in [0.15, 0.2) is 42.5 Å². The highest BCUT2D eigenvalue weighted by Crippen LogP contribution is 2.24. The molecule has 36 heavy (non-hydrogen) atoms. The van der Waals surface area contributed by atoms with E-state index in [1.165, 1.54) is 16.8 Å². The van der Waals surface area contributed by atoms with Gasteiger partial charge in [-0.15, -0.1) is 24.8 Å². The summed E-state index contributed by atoms with van der Waals surface area (Å²) in [7, 11) is 0. The van der Waals surface area contributed by atoms with Gasteiger partial charge in [0.2, 0.25) is 0 Å². The van der Waals surface area contributed by atoms with Gasteiger partial charge in [-0.3, -0.25) is 9.69 Å². The first-order chi connectivity index (χ1) is 16.4. The van der Waals surface area contributed by atoms with Crippen molar-refractivity contribution in [1.29, 1.82) is 0 Å². The molecule has 1 aliphatic heterocycles. The van der Waals surface area contributed by atoms with Crippen LogP contribution in [0.1, 0.15) is 45.1 Å². The molecule has 0 bridgehead atoms. The van der Waals surface area contributed by atoms with Crippen LogP contribution in [0.2, 0.25) is 0 Å². The number of benzene rings is 2. The van der Waals surface area contributed by atoms with Crippen molar-refractivity contribution in [3.05, 3.63) is 76.4 Å². The van der Waals surface area contributed by atoms with Gasteiger partial charge >= 0.3 is 0 Å². The zero-order valence-electron chi connectivity index (χ0n) is 22.0. The standard InChI is InChI=1S/C28H37N5O.2ClH/c1-20-11-8-13-26(22(20)3)32-18-16-31(17-19-32)15-9-14-29-28(34)27-23(4)33(24(5)30-27)25-12-7-6-10-21(25)2;;/h6-8,10-13H,9,14-19H2,1-5H3,(H,29,34);2*1H. The SMILES string of the molecule is Cc1ccccc1-n1c(C)nc(C(=O)NCCCN2CCN(c3cccc(C)c3C)CC2)c1C.Cl.Cl. The second-order valence-electron chi connectivity index (χ2n) is 9.37. The number of hydrogen-bond acceptors (Lipinski definition) is 4. The number of carbonyl (C=O) groups excluding carboxylic acids is 1. The zero-order valence-corrected chi connectivity index (χ0v) is 23.6. The molecule has 0 radical (unpaired) electrons. The summed E-state index contributed by atoms with van der Waals surface area (Å²) in [6.07, 6.45) is 0.936. The van der Waals surface area contributed by atoms with Crippen LogP contribution < -0.4 is 10.2 Å². The third-order valence-corrected chi connectivity index (χ3v) is 7.07. The Kier molecular flexibility index (Phi) is 10.8. The van der Waals surface area contributed by atoms with Crippen LogP contribution in [-0.4, -0.2) is 59.6 Å². The molecule has 8 heteroatoms. The minimum atomic E-state index is -0.0901. The maximum atomic E-state index is 12.9. The van der Waals surface area contributed by atoms with E-state index in [4.69, 9.17) is 0 Å². The number of rotatable bonds is 7. The number of amides is 1. The molecule has 0 unspecified atom stereocenters. The lowest BCUT2D eigenvalue weighted by atomic mass is 10.1. The molecular weight excluding hydrogens is 493 g/mol. The van der Waals surface area contributed by atoms with Crippen LogP contribution in [0.5, 0.6) is 0 Å². The van der Waals surface area contributed by atoms with Crippen LogP contribution in [0, 0.1) is 34.6 Å². The fourth-order valence-corrected chi connectivity index (χ4v) is 4.90. The van der Waals surface area contributed by atoms with E-state index in [1.807, 2.05) is 26.0 Å². The van der Waals surface area contributed by atoms with Crippen LogP contribution in [0.3, 0.4) is 0 Å². The van der Waals surface area contributed by atoms with E-state index in [2.05, 4.69) is 75.8 Å². The number of aromatic nitrogens is 2. The normalized spacial score (nSPS) is 13.6. The number of hydrogen-bond donors (Lipinski definition) is 1. The van der Waals surface area contributed by atoms with Crippen LogP contribution in [-0.2, 0) is 0 Å². The van der Waals surface area contributed by atoms with Crippen molar-refractivity contribution < 1.29 is 4.79 Å². The number of carbonyl (C=O) groups is 1. The average molecular weight is 533 g/mol.